The quantitative estimate of drug-likeness (QED) is 0.373. The van der Waals surface area contributed by atoms with E-state index in [-0.39, 0.29) is 5.78 Å². The highest BCUT2D eigenvalue weighted by molar-refractivity contribution is 6.31. The van der Waals surface area contributed by atoms with Crippen LogP contribution in [0, 0.1) is 0 Å². The van der Waals surface area contributed by atoms with Gasteiger partial charge in [-0.05, 0) is 29.8 Å². The number of carbonyl (C=O) groups excluding carboxylic acids is 1. The molecule has 0 saturated carbocycles. The van der Waals surface area contributed by atoms with Gasteiger partial charge in [-0.25, -0.2) is 4.98 Å². The Morgan fingerprint density at radius 1 is 0.857 bits per heavy atom. The molecule has 0 unspecified atom stereocenters. The van der Waals surface area contributed by atoms with E-state index in [1.165, 1.54) is 0 Å². The summed E-state index contributed by atoms with van der Waals surface area (Å²) in [6.07, 6.45) is 1.71. The molecule has 0 radical (unpaired) electrons. The number of halogens is 2. The van der Waals surface area contributed by atoms with Crippen LogP contribution in [0.3, 0.4) is 0 Å². The number of ketones is 1. The SMILES string of the molecule is O=C(c1cccc(Cl)c1)c1ncc(-c2cccc(Cl)c2)n1Cc1ccccc1. The predicted octanol–water partition coefficient (Wildman–Crippen LogP) is 6.14. The zero-order valence-electron chi connectivity index (χ0n) is 14.8. The average Bonchev–Trinajstić information content (AvgIpc) is 3.11. The molecule has 0 bridgehead atoms. The fourth-order valence-electron chi connectivity index (χ4n) is 3.12. The number of benzene rings is 3. The van der Waals surface area contributed by atoms with Gasteiger partial charge in [0, 0.05) is 27.7 Å². The molecule has 3 aromatic carbocycles. The number of nitrogens with zero attached hydrogens (tertiary/aromatic N) is 2. The number of imidazole rings is 1. The van der Waals surface area contributed by atoms with Gasteiger partial charge in [-0.3, -0.25) is 4.79 Å². The summed E-state index contributed by atoms with van der Waals surface area (Å²) in [6, 6.07) is 24.4. The number of hydrogen-bond acceptors (Lipinski definition) is 2. The maximum absolute atomic E-state index is 13.2. The van der Waals surface area contributed by atoms with Crippen LogP contribution >= 0.6 is 23.2 Å². The van der Waals surface area contributed by atoms with Crippen molar-refractivity contribution in [1.82, 2.24) is 9.55 Å². The molecule has 0 aliphatic rings. The molecule has 0 aliphatic heterocycles. The summed E-state index contributed by atoms with van der Waals surface area (Å²) >= 11 is 12.2. The van der Waals surface area contributed by atoms with Gasteiger partial charge in [0.1, 0.15) is 0 Å². The van der Waals surface area contributed by atoms with E-state index in [2.05, 4.69) is 4.98 Å². The van der Waals surface area contributed by atoms with Crippen molar-refractivity contribution in [1.29, 1.82) is 0 Å². The van der Waals surface area contributed by atoms with Crippen LogP contribution in [0.4, 0.5) is 0 Å². The molecule has 5 heteroatoms. The molecule has 28 heavy (non-hydrogen) atoms. The van der Waals surface area contributed by atoms with E-state index in [9.17, 15) is 4.79 Å². The van der Waals surface area contributed by atoms with Crippen molar-refractivity contribution in [3.05, 3.63) is 112 Å². The topological polar surface area (TPSA) is 34.9 Å². The number of hydrogen-bond donors (Lipinski definition) is 0. The van der Waals surface area contributed by atoms with Crippen LogP contribution in [0.1, 0.15) is 21.7 Å². The summed E-state index contributed by atoms with van der Waals surface area (Å²) in [5.74, 6) is 0.188. The van der Waals surface area contributed by atoms with Crippen molar-refractivity contribution in [3.63, 3.8) is 0 Å². The monoisotopic (exact) mass is 406 g/mol. The standard InChI is InChI=1S/C23H16Cl2N2O/c24-19-10-4-8-17(12-19)21-14-26-23(22(28)18-9-5-11-20(25)13-18)27(21)15-16-6-2-1-3-7-16/h1-14H,15H2. The Bertz CT molecular complexity index is 1140. The highest BCUT2D eigenvalue weighted by Crippen LogP contribution is 2.26. The Labute approximate surface area is 173 Å². The van der Waals surface area contributed by atoms with Crippen LogP contribution < -0.4 is 0 Å². The van der Waals surface area contributed by atoms with Gasteiger partial charge in [0.2, 0.25) is 5.78 Å². The zero-order valence-corrected chi connectivity index (χ0v) is 16.4. The molecule has 1 heterocycles. The van der Waals surface area contributed by atoms with Crippen molar-refractivity contribution in [3.8, 4) is 11.3 Å². The number of aromatic nitrogens is 2. The minimum absolute atomic E-state index is 0.174. The Hall–Kier alpha value is -2.88. The maximum atomic E-state index is 13.2. The third kappa shape index (κ3) is 3.86. The van der Waals surface area contributed by atoms with E-state index in [1.54, 1.807) is 30.5 Å². The predicted molar refractivity (Wildman–Crippen MR) is 113 cm³/mol. The first-order valence-corrected chi connectivity index (χ1v) is 9.53. The highest BCUT2D eigenvalue weighted by atomic mass is 35.5. The van der Waals surface area contributed by atoms with Crippen molar-refractivity contribution >= 4 is 29.0 Å². The molecule has 0 aliphatic carbocycles. The molecular weight excluding hydrogens is 391 g/mol. The summed E-state index contributed by atoms with van der Waals surface area (Å²) in [4.78, 5) is 17.6. The van der Waals surface area contributed by atoms with Crippen LogP contribution in [0.15, 0.2) is 85.1 Å². The van der Waals surface area contributed by atoms with Gasteiger partial charge in [-0.15, -0.1) is 0 Å². The van der Waals surface area contributed by atoms with E-state index >= 15 is 0 Å². The molecule has 138 valence electrons. The molecule has 0 atom stereocenters. The van der Waals surface area contributed by atoms with Gasteiger partial charge >= 0.3 is 0 Å². The third-order valence-corrected chi connectivity index (χ3v) is 4.92. The lowest BCUT2D eigenvalue weighted by atomic mass is 10.1. The van der Waals surface area contributed by atoms with Crippen molar-refractivity contribution < 1.29 is 4.79 Å². The molecule has 0 N–H and O–H groups in total. The second-order valence-electron chi connectivity index (χ2n) is 6.39. The summed E-state index contributed by atoms with van der Waals surface area (Å²) in [6.45, 7) is 0.518. The van der Waals surface area contributed by atoms with Gasteiger partial charge in [0.05, 0.1) is 11.9 Å². The molecular formula is C23H16Cl2N2O. The van der Waals surface area contributed by atoms with Gasteiger partial charge in [-0.2, -0.15) is 0 Å². The summed E-state index contributed by atoms with van der Waals surface area (Å²) < 4.78 is 1.92. The first-order chi connectivity index (χ1) is 13.6. The second kappa shape index (κ2) is 8.01. The van der Waals surface area contributed by atoms with Gasteiger partial charge in [0.15, 0.2) is 5.82 Å². The smallest absolute Gasteiger partial charge is 0.228 e. The molecule has 3 nitrogen and oxygen atoms in total. The van der Waals surface area contributed by atoms with Crippen molar-refractivity contribution in [2.75, 3.05) is 0 Å². The normalized spacial score (nSPS) is 10.8. The number of carbonyl (C=O) groups is 1. The molecule has 0 spiro atoms. The minimum Gasteiger partial charge on any atom is -0.317 e. The maximum Gasteiger partial charge on any atom is 0.228 e. The average molecular weight is 407 g/mol. The van der Waals surface area contributed by atoms with Crippen LogP contribution in [-0.4, -0.2) is 15.3 Å². The van der Waals surface area contributed by atoms with E-state index in [4.69, 9.17) is 23.2 Å². The fourth-order valence-corrected chi connectivity index (χ4v) is 3.50. The molecule has 0 amide bonds. The van der Waals surface area contributed by atoms with Crippen LogP contribution in [0.5, 0.6) is 0 Å². The van der Waals surface area contributed by atoms with Crippen LogP contribution in [0.25, 0.3) is 11.3 Å². The summed E-state index contributed by atoms with van der Waals surface area (Å²) in [5, 5.41) is 1.15. The van der Waals surface area contributed by atoms with Crippen molar-refractivity contribution in [2.24, 2.45) is 0 Å². The Balaban J connectivity index is 1.83. The lowest BCUT2D eigenvalue weighted by Gasteiger charge is -2.12. The fraction of sp³-hybridized carbons (Fsp3) is 0.0435. The molecule has 0 saturated heterocycles. The summed E-state index contributed by atoms with van der Waals surface area (Å²) in [7, 11) is 0. The van der Waals surface area contributed by atoms with Crippen molar-refractivity contribution in [2.45, 2.75) is 6.54 Å². The van der Waals surface area contributed by atoms with Gasteiger partial charge in [-0.1, -0.05) is 77.8 Å². The molecule has 1 aromatic heterocycles. The van der Waals surface area contributed by atoms with Crippen LogP contribution in [-0.2, 0) is 6.54 Å². The molecule has 4 aromatic rings. The van der Waals surface area contributed by atoms with Gasteiger partial charge < -0.3 is 4.57 Å². The number of rotatable bonds is 5. The largest absolute Gasteiger partial charge is 0.317 e. The minimum atomic E-state index is -0.174. The Kier molecular flexibility index (Phi) is 5.29. The van der Waals surface area contributed by atoms with E-state index in [0.29, 0.717) is 28.0 Å². The summed E-state index contributed by atoms with van der Waals surface area (Å²) in [5.41, 5.74) is 3.31. The Morgan fingerprint density at radius 3 is 2.29 bits per heavy atom. The highest BCUT2D eigenvalue weighted by Gasteiger charge is 2.20. The Morgan fingerprint density at radius 2 is 1.57 bits per heavy atom. The lowest BCUT2D eigenvalue weighted by Crippen LogP contribution is -2.13. The zero-order chi connectivity index (χ0) is 19.5. The first-order valence-electron chi connectivity index (χ1n) is 8.77. The molecule has 4 rings (SSSR count). The molecule has 0 fully saturated rings. The van der Waals surface area contributed by atoms with Crippen LogP contribution in [0.2, 0.25) is 10.0 Å². The van der Waals surface area contributed by atoms with E-state index < -0.39 is 0 Å². The van der Waals surface area contributed by atoms with E-state index in [0.717, 1.165) is 16.8 Å². The van der Waals surface area contributed by atoms with E-state index in [1.807, 2.05) is 59.2 Å². The van der Waals surface area contributed by atoms with Gasteiger partial charge in [0.25, 0.3) is 0 Å². The second-order valence-corrected chi connectivity index (χ2v) is 7.26. The lowest BCUT2D eigenvalue weighted by molar-refractivity contribution is 0.102. The third-order valence-electron chi connectivity index (χ3n) is 4.45. The first kappa shape index (κ1) is 18.5.